The molecule has 0 fully saturated rings. The molecule has 2 amide bonds. The second-order valence-corrected chi connectivity index (χ2v) is 6.98. The minimum atomic E-state index is -0.441. The number of nitrogens with one attached hydrogen (secondary N) is 2. The first-order valence-corrected chi connectivity index (χ1v) is 8.77. The van der Waals surface area contributed by atoms with Crippen LogP contribution in [0.1, 0.15) is 23.0 Å². The van der Waals surface area contributed by atoms with E-state index in [0.29, 0.717) is 0 Å². The molecule has 120 valence electrons. The molecule has 1 heterocycles. The van der Waals surface area contributed by atoms with Gasteiger partial charge >= 0.3 is 0 Å². The van der Waals surface area contributed by atoms with Crippen molar-refractivity contribution in [2.24, 2.45) is 0 Å². The van der Waals surface area contributed by atoms with Gasteiger partial charge in [-0.25, -0.2) is 0 Å². The van der Waals surface area contributed by atoms with Crippen LogP contribution in [0.4, 0.5) is 0 Å². The summed E-state index contributed by atoms with van der Waals surface area (Å²) in [6.07, 6.45) is 1.52. The Kier molecular flexibility index (Phi) is 6.61. The highest BCUT2D eigenvalue weighted by Gasteiger charge is 2.15. The molecule has 1 aromatic heterocycles. The molecular formula is C16H16BrN3O2S. The van der Waals surface area contributed by atoms with E-state index in [-0.39, 0.29) is 16.9 Å². The number of thioether (sulfide) groups is 1. The van der Waals surface area contributed by atoms with Gasteiger partial charge in [0.2, 0.25) is 0 Å². The number of hydrazine groups is 1. The molecule has 0 saturated carbocycles. The van der Waals surface area contributed by atoms with Crippen molar-refractivity contribution < 1.29 is 9.59 Å². The average Bonchev–Trinajstić information content (AvgIpc) is 2.59. The fourth-order valence-corrected chi connectivity index (χ4v) is 2.77. The summed E-state index contributed by atoms with van der Waals surface area (Å²) in [4.78, 5) is 27.7. The summed E-state index contributed by atoms with van der Waals surface area (Å²) in [5.74, 6) is 0.0243. The molecule has 0 saturated heterocycles. The lowest BCUT2D eigenvalue weighted by molar-refractivity contribution is -0.121. The number of aromatic nitrogens is 1. The zero-order valence-corrected chi connectivity index (χ0v) is 14.9. The number of halogens is 1. The van der Waals surface area contributed by atoms with E-state index in [0.717, 1.165) is 15.8 Å². The number of pyridine rings is 1. The Hall–Kier alpha value is -1.86. The average molecular weight is 394 g/mol. The molecule has 1 atom stereocenters. The van der Waals surface area contributed by atoms with Gasteiger partial charge in [-0.05, 0) is 36.8 Å². The highest BCUT2D eigenvalue weighted by atomic mass is 79.9. The summed E-state index contributed by atoms with van der Waals surface area (Å²) in [5, 5.41) is -0.289. The van der Waals surface area contributed by atoms with Crippen molar-refractivity contribution in [3.63, 3.8) is 0 Å². The first kappa shape index (κ1) is 17.5. The minimum absolute atomic E-state index is 0.253. The van der Waals surface area contributed by atoms with E-state index < -0.39 is 5.91 Å². The fourth-order valence-electron chi connectivity index (χ4n) is 1.66. The number of rotatable bonds is 5. The van der Waals surface area contributed by atoms with E-state index in [1.54, 1.807) is 25.1 Å². The maximum Gasteiger partial charge on any atom is 0.288 e. The van der Waals surface area contributed by atoms with Gasteiger partial charge < -0.3 is 0 Å². The second kappa shape index (κ2) is 8.69. The Bertz CT molecular complexity index is 665. The van der Waals surface area contributed by atoms with Crippen molar-refractivity contribution in [3.05, 3.63) is 64.4 Å². The van der Waals surface area contributed by atoms with Gasteiger partial charge in [0.15, 0.2) is 0 Å². The Morgan fingerprint density at radius 3 is 2.57 bits per heavy atom. The first-order chi connectivity index (χ1) is 11.1. The summed E-state index contributed by atoms with van der Waals surface area (Å²) in [6.45, 7) is 1.80. The lowest BCUT2D eigenvalue weighted by Crippen LogP contribution is -2.45. The highest BCUT2D eigenvalue weighted by Crippen LogP contribution is 2.19. The van der Waals surface area contributed by atoms with Crippen molar-refractivity contribution in [1.82, 2.24) is 15.8 Å². The molecule has 0 aliphatic carbocycles. The molecule has 0 spiro atoms. The minimum Gasteiger partial charge on any atom is -0.272 e. The summed E-state index contributed by atoms with van der Waals surface area (Å²) < 4.78 is 1.02. The van der Waals surface area contributed by atoms with Gasteiger partial charge in [0.1, 0.15) is 5.69 Å². The third kappa shape index (κ3) is 5.69. The molecule has 2 N–H and O–H groups in total. The smallest absolute Gasteiger partial charge is 0.272 e. The number of amides is 2. The summed E-state index contributed by atoms with van der Waals surface area (Å²) in [7, 11) is 0. The zero-order chi connectivity index (χ0) is 16.7. The lowest BCUT2D eigenvalue weighted by Gasteiger charge is -2.12. The third-order valence-corrected chi connectivity index (χ3v) is 4.72. The van der Waals surface area contributed by atoms with Gasteiger partial charge in [-0.15, -0.1) is 11.8 Å². The number of benzene rings is 1. The van der Waals surface area contributed by atoms with Gasteiger partial charge in [-0.2, -0.15) is 0 Å². The first-order valence-electron chi connectivity index (χ1n) is 6.93. The van der Waals surface area contributed by atoms with Crippen LogP contribution in [-0.2, 0) is 10.5 Å². The Balaban J connectivity index is 1.76. The molecule has 0 bridgehead atoms. The quantitative estimate of drug-likeness (QED) is 0.766. The van der Waals surface area contributed by atoms with Crippen molar-refractivity contribution in [3.8, 4) is 0 Å². The van der Waals surface area contributed by atoms with Crippen LogP contribution < -0.4 is 10.9 Å². The summed E-state index contributed by atoms with van der Waals surface area (Å²) in [6, 6.07) is 12.9. The van der Waals surface area contributed by atoms with Crippen molar-refractivity contribution >= 4 is 39.5 Å². The van der Waals surface area contributed by atoms with Crippen molar-refractivity contribution in [1.29, 1.82) is 0 Å². The van der Waals surface area contributed by atoms with Crippen LogP contribution >= 0.6 is 27.7 Å². The summed E-state index contributed by atoms with van der Waals surface area (Å²) in [5.41, 5.74) is 6.17. The second-order valence-electron chi connectivity index (χ2n) is 4.74. The van der Waals surface area contributed by atoms with Gasteiger partial charge in [0.05, 0.1) is 5.25 Å². The van der Waals surface area contributed by atoms with Crippen LogP contribution in [0.3, 0.4) is 0 Å². The van der Waals surface area contributed by atoms with Crippen molar-refractivity contribution in [2.75, 3.05) is 0 Å². The number of carbonyl (C=O) groups is 2. The van der Waals surface area contributed by atoms with Gasteiger partial charge in [0.25, 0.3) is 11.8 Å². The molecule has 1 unspecified atom stereocenters. The van der Waals surface area contributed by atoms with E-state index >= 15 is 0 Å². The normalized spacial score (nSPS) is 11.6. The number of hydrogen-bond donors (Lipinski definition) is 2. The molecule has 23 heavy (non-hydrogen) atoms. The predicted molar refractivity (Wildman–Crippen MR) is 94.7 cm³/mol. The van der Waals surface area contributed by atoms with E-state index in [2.05, 4.69) is 31.8 Å². The van der Waals surface area contributed by atoms with Gasteiger partial charge in [-0.3, -0.25) is 25.4 Å². The fraction of sp³-hybridized carbons (Fsp3) is 0.188. The van der Waals surface area contributed by atoms with Crippen molar-refractivity contribution in [2.45, 2.75) is 17.9 Å². The molecule has 0 aliphatic heterocycles. The monoisotopic (exact) mass is 393 g/mol. The standard InChI is InChI=1S/C16H16BrN3O2S/c1-11(23-10-12-5-7-13(17)8-6-12)15(21)19-20-16(22)14-4-2-3-9-18-14/h2-9,11H,10H2,1H3,(H,19,21)(H,20,22). The van der Waals surface area contributed by atoms with E-state index in [1.165, 1.54) is 18.0 Å². The summed E-state index contributed by atoms with van der Waals surface area (Å²) >= 11 is 4.88. The molecule has 0 radical (unpaired) electrons. The largest absolute Gasteiger partial charge is 0.288 e. The van der Waals surface area contributed by atoms with Crippen LogP contribution in [-0.4, -0.2) is 22.0 Å². The molecular weight excluding hydrogens is 378 g/mol. The Labute approximate surface area is 147 Å². The molecule has 2 aromatic rings. The topological polar surface area (TPSA) is 71.1 Å². The maximum atomic E-state index is 12.0. The molecule has 5 nitrogen and oxygen atoms in total. The number of hydrogen-bond acceptors (Lipinski definition) is 4. The SMILES string of the molecule is CC(SCc1ccc(Br)cc1)C(=O)NNC(=O)c1ccccn1. The van der Waals surface area contributed by atoms with Crippen LogP contribution in [0.2, 0.25) is 0 Å². The van der Waals surface area contributed by atoms with E-state index in [1.807, 2.05) is 24.3 Å². The molecule has 1 aromatic carbocycles. The lowest BCUT2D eigenvalue weighted by atomic mass is 10.2. The Morgan fingerprint density at radius 1 is 1.17 bits per heavy atom. The predicted octanol–water partition coefficient (Wildman–Crippen LogP) is 2.93. The highest BCUT2D eigenvalue weighted by molar-refractivity contribution is 9.10. The third-order valence-electron chi connectivity index (χ3n) is 2.98. The van der Waals surface area contributed by atoms with Crippen LogP contribution in [0.5, 0.6) is 0 Å². The van der Waals surface area contributed by atoms with Crippen LogP contribution in [0, 0.1) is 0 Å². The molecule has 7 heteroatoms. The number of nitrogens with zero attached hydrogens (tertiary/aromatic N) is 1. The van der Waals surface area contributed by atoms with Gasteiger partial charge in [-0.1, -0.05) is 34.1 Å². The maximum absolute atomic E-state index is 12.0. The van der Waals surface area contributed by atoms with Crippen LogP contribution in [0.25, 0.3) is 0 Å². The molecule has 2 rings (SSSR count). The number of carbonyl (C=O) groups excluding carboxylic acids is 2. The van der Waals surface area contributed by atoms with Gasteiger partial charge in [0, 0.05) is 16.4 Å². The van der Waals surface area contributed by atoms with Crippen LogP contribution in [0.15, 0.2) is 53.1 Å². The Morgan fingerprint density at radius 2 is 1.91 bits per heavy atom. The van der Waals surface area contributed by atoms with E-state index in [4.69, 9.17) is 0 Å². The zero-order valence-electron chi connectivity index (χ0n) is 12.5. The van der Waals surface area contributed by atoms with E-state index in [9.17, 15) is 9.59 Å². The molecule has 0 aliphatic rings.